The molecular formula is C13H19N3. The van der Waals surface area contributed by atoms with Crippen molar-refractivity contribution in [3.05, 3.63) is 29.2 Å². The van der Waals surface area contributed by atoms with E-state index in [1.807, 2.05) is 20.0 Å². The van der Waals surface area contributed by atoms with E-state index >= 15 is 0 Å². The lowest BCUT2D eigenvalue weighted by molar-refractivity contribution is 0.860. The smallest absolute Gasteiger partial charge is 0.144 e. The van der Waals surface area contributed by atoms with Gasteiger partial charge in [0.25, 0.3) is 0 Å². The second-order valence-electron chi connectivity index (χ2n) is 4.36. The van der Waals surface area contributed by atoms with Crippen molar-refractivity contribution in [1.29, 1.82) is 0 Å². The molecule has 0 spiro atoms. The number of rotatable bonds is 4. The Labute approximate surface area is 97.0 Å². The van der Waals surface area contributed by atoms with Gasteiger partial charge in [0, 0.05) is 6.54 Å². The van der Waals surface area contributed by atoms with Crippen LogP contribution < -0.4 is 5.32 Å². The van der Waals surface area contributed by atoms with Crippen molar-refractivity contribution in [1.82, 2.24) is 9.97 Å². The molecule has 1 heterocycles. The van der Waals surface area contributed by atoms with Crippen LogP contribution in [0, 0.1) is 13.8 Å². The largest absolute Gasteiger partial charge is 0.368 e. The molecule has 86 valence electrons. The van der Waals surface area contributed by atoms with Crippen LogP contribution in [0.15, 0.2) is 17.8 Å². The molecule has 0 radical (unpaired) electrons. The van der Waals surface area contributed by atoms with E-state index in [0.29, 0.717) is 0 Å². The molecule has 1 aliphatic rings. The van der Waals surface area contributed by atoms with Crippen LogP contribution in [0.5, 0.6) is 0 Å². The van der Waals surface area contributed by atoms with Crippen molar-refractivity contribution >= 4 is 5.82 Å². The van der Waals surface area contributed by atoms with Crippen molar-refractivity contribution in [2.45, 2.75) is 39.5 Å². The number of allylic oxidation sites excluding steroid dienone is 1. The van der Waals surface area contributed by atoms with Gasteiger partial charge >= 0.3 is 0 Å². The van der Waals surface area contributed by atoms with E-state index in [2.05, 4.69) is 21.4 Å². The quantitative estimate of drug-likeness (QED) is 0.788. The van der Waals surface area contributed by atoms with Crippen LogP contribution in [0.1, 0.15) is 37.1 Å². The Morgan fingerprint density at radius 1 is 1.31 bits per heavy atom. The molecule has 1 aromatic heterocycles. The predicted molar refractivity (Wildman–Crippen MR) is 66.5 cm³/mol. The molecule has 1 N–H and O–H groups in total. The molecule has 0 aliphatic heterocycles. The molecule has 1 aliphatic carbocycles. The molecule has 3 heteroatoms. The van der Waals surface area contributed by atoms with E-state index in [9.17, 15) is 0 Å². The third-order valence-electron chi connectivity index (χ3n) is 3.08. The van der Waals surface area contributed by atoms with Crippen LogP contribution in [0.25, 0.3) is 0 Å². The monoisotopic (exact) mass is 217 g/mol. The summed E-state index contributed by atoms with van der Waals surface area (Å²) in [7, 11) is 0. The number of nitrogens with zero attached hydrogens (tertiary/aromatic N) is 2. The lowest BCUT2D eigenvalue weighted by atomic mass is 10.2. The fraction of sp³-hybridized carbons (Fsp3) is 0.538. The second kappa shape index (κ2) is 5.10. The van der Waals surface area contributed by atoms with E-state index in [-0.39, 0.29) is 0 Å². The van der Waals surface area contributed by atoms with Gasteiger partial charge in [-0.15, -0.1) is 0 Å². The molecule has 0 amide bonds. The van der Waals surface area contributed by atoms with Gasteiger partial charge in [0.2, 0.25) is 0 Å². The minimum atomic E-state index is 0.890. The molecule has 0 saturated heterocycles. The Morgan fingerprint density at radius 2 is 2.19 bits per heavy atom. The highest BCUT2D eigenvalue weighted by Gasteiger charge is 2.04. The third kappa shape index (κ3) is 2.81. The number of hydrogen-bond acceptors (Lipinski definition) is 3. The van der Waals surface area contributed by atoms with Crippen LogP contribution in [0.4, 0.5) is 5.82 Å². The fourth-order valence-electron chi connectivity index (χ4n) is 1.94. The molecule has 2 rings (SSSR count). The molecule has 0 atom stereocenters. The normalized spacial score (nSPS) is 15.0. The van der Waals surface area contributed by atoms with Gasteiger partial charge < -0.3 is 5.32 Å². The summed E-state index contributed by atoms with van der Waals surface area (Å²) in [5, 5.41) is 3.33. The Kier molecular flexibility index (Phi) is 3.54. The van der Waals surface area contributed by atoms with Gasteiger partial charge in [0.05, 0.1) is 17.6 Å². The zero-order chi connectivity index (χ0) is 11.4. The summed E-state index contributed by atoms with van der Waals surface area (Å²) in [6, 6.07) is 0. The van der Waals surface area contributed by atoms with Crippen LogP contribution >= 0.6 is 0 Å². The summed E-state index contributed by atoms with van der Waals surface area (Å²) in [4.78, 5) is 8.73. The average molecular weight is 217 g/mol. The third-order valence-corrected chi connectivity index (χ3v) is 3.08. The molecule has 0 saturated carbocycles. The van der Waals surface area contributed by atoms with Gasteiger partial charge in [-0.05, 0) is 39.5 Å². The molecule has 0 bridgehead atoms. The molecule has 0 aromatic carbocycles. The van der Waals surface area contributed by atoms with Gasteiger partial charge in [-0.1, -0.05) is 11.6 Å². The maximum absolute atomic E-state index is 4.44. The maximum atomic E-state index is 4.44. The van der Waals surface area contributed by atoms with Crippen molar-refractivity contribution in [2.75, 3.05) is 11.9 Å². The second-order valence-corrected chi connectivity index (χ2v) is 4.36. The summed E-state index contributed by atoms with van der Waals surface area (Å²) in [6.07, 6.45) is 9.19. The number of anilines is 1. The number of hydrogen-bond donors (Lipinski definition) is 1. The lowest BCUT2D eigenvalue weighted by Gasteiger charge is -2.07. The van der Waals surface area contributed by atoms with Crippen LogP contribution in [0.3, 0.4) is 0 Å². The van der Waals surface area contributed by atoms with Gasteiger partial charge in [-0.3, -0.25) is 4.98 Å². The lowest BCUT2D eigenvalue weighted by Crippen LogP contribution is -2.06. The highest BCUT2D eigenvalue weighted by atomic mass is 15.0. The highest BCUT2D eigenvalue weighted by Crippen LogP contribution is 2.20. The van der Waals surface area contributed by atoms with E-state index in [1.54, 1.807) is 5.57 Å². The van der Waals surface area contributed by atoms with Gasteiger partial charge in [0.1, 0.15) is 5.82 Å². The van der Waals surface area contributed by atoms with Gasteiger partial charge in [-0.2, -0.15) is 0 Å². The number of aryl methyl sites for hydroxylation is 2. The fourth-order valence-corrected chi connectivity index (χ4v) is 1.94. The minimum absolute atomic E-state index is 0.890. The van der Waals surface area contributed by atoms with Gasteiger partial charge in [0.15, 0.2) is 0 Å². The highest BCUT2D eigenvalue weighted by molar-refractivity contribution is 5.33. The molecule has 16 heavy (non-hydrogen) atoms. The van der Waals surface area contributed by atoms with Crippen LogP contribution in [0.2, 0.25) is 0 Å². The van der Waals surface area contributed by atoms with Gasteiger partial charge in [-0.25, -0.2) is 4.98 Å². The summed E-state index contributed by atoms with van der Waals surface area (Å²) >= 11 is 0. The molecule has 0 fully saturated rings. The SMILES string of the molecule is Cc1ncc(NCCC2=CCCC2)nc1C. The van der Waals surface area contributed by atoms with Crippen molar-refractivity contribution in [3.8, 4) is 0 Å². The first-order valence-electron chi connectivity index (χ1n) is 5.98. The molecular weight excluding hydrogens is 198 g/mol. The zero-order valence-electron chi connectivity index (χ0n) is 10.1. The average Bonchev–Trinajstić information content (AvgIpc) is 2.76. The Bertz CT molecular complexity index is 396. The molecule has 1 aromatic rings. The zero-order valence-corrected chi connectivity index (χ0v) is 10.1. The van der Waals surface area contributed by atoms with E-state index in [1.165, 1.54) is 19.3 Å². The Hall–Kier alpha value is -1.38. The Balaban J connectivity index is 1.82. The standard InChI is InChI=1S/C13H19N3/c1-10-11(2)16-13(9-15-10)14-8-7-12-5-3-4-6-12/h5,9H,3-4,6-8H2,1-2H3,(H,14,16). The number of nitrogens with one attached hydrogen (secondary N) is 1. The number of aromatic nitrogens is 2. The topological polar surface area (TPSA) is 37.8 Å². The van der Waals surface area contributed by atoms with Crippen LogP contribution in [-0.4, -0.2) is 16.5 Å². The maximum Gasteiger partial charge on any atom is 0.144 e. The first kappa shape index (κ1) is 11.1. The first-order valence-corrected chi connectivity index (χ1v) is 5.98. The van der Waals surface area contributed by atoms with Crippen molar-refractivity contribution in [3.63, 3.8) is 0 Å². The first-order chi connectivity index (χ1) is 7.75. The Morgan fingerprint density at radius 3 is 2.88 bits per heavy atom. The minimum Gasteiger partial charge on any atom is -0.368 e. The van der Waals surface area contributed by atoms with Crippen LogP contribution in [-0.2, 0) is 0 Å². The summed E-state index contributed by atoms with van der Waals surface area (Å²) in [6.45, 7) is 4.94. The summed E-state index contributed by atoms with van der Waals surface area (Å²) < 4.78 is 0. The predicted octanol–water partition coefficient (Wildman–Crippen LogP) is 3.01. The summed E-state index contributed by atoms with van der Waals surface area (Å²) in [5.74, 6) is 0.890. The van der Waals surface area contributed by atoms with Crippen molar-refractivity contribution in [2.24, 2.45) is 0 Å². The molecule has 0 unspecified atom stereocenters. The summed E-state index contributed by atoms with van der Waals surface area (Å²) in [5.41, 5.74) is 3.60. The molecule has 3 nitrogen and oxygen atoms in total. The van der Waals surface area contributed by atoms with E-state index < -0.39 is 0 Å². The van der Waals surface area contributed by atoms with Crippen molar-refractivity contribution < 1.29 is 0 Å². The van der Waals surface area contributed by atoms with E-state index in [4.69, 9.17) is 0 Å². The van der Waals surface area contributed by atoms with E-state index in [0.717, 1.165) is 30.2 Å².